The zero-order chi connectivity index (χ0) is 42.7. The van der Waals surface area contributed by atoms with Gasteiger partial charge < -0.3 is 9.32 Å². The maximum atomic E-state index is 7.64. The summed E-state index contributed by atoms with van der Waals surface area (Å²) in [5, 5.41) is 1.23. The van der Waals surface area contributed by atoms with Crippen LogP contribution in [0, 0.1) is 5.41 Å². The van der Waals surface area contributed by atoms with E-state index in [-0.39, 0.29) is 39.7 Å². The molecule has 2 aliphatic heterocycles. The number of nitrogens with zero attached hydrogens (tertiary/aromatic N) is 1. The lowest BCUT2D eigenvalue weighted by Crippen LogP contribution is -2.62. The third kappa shape index (κ3) is 5.12. The molecule has 3 unspecified atom stereocenters. The molecule has 0 radical (unpaired) electrons. The number of benzene rings is 6. The fourth-order valence-electron chi connectivity index (χ4n) is 13.5. The third-order valence-corrected chi connectivity index (χ3v) is 17.3. The topological polar surface area (TPSA) is 16.4 Å². The first-order valence-electron chi connectivity index (χ1n) is 23.6. The van der Waals surface area contributed by atoms with Crippen LogP contribution in [0.5, 0.6) is 0 Å². The van der Waals surface area contributed by atoms with Crippen molar-refractivity contribution in [2.75, 3.05) is 4.90 Å². The van der Waals surface area contributed by atoms with E-state index in [4.69, 9.17) is 4.42 Å². The highest BCUT2D eigenvalue weighted by Crippen LogP contribution is 2.68. The van der Waals surface area contributed by atoms with Gasteiger partial charge in [0.2, 0.25) is 0 Å². The molecule has 3 heteroatoms. The van der Waals surface area contributed by atoms with Crippen LogP contribution in [-0.2, 0) is 21.7 Å². The molecule has 12 rings (SSSR count). The summed E-state index contributed by atoms with van der Waals surface area (Å²) in [7, 11) is 0. The van der Waals surface area contributed by atoms with Gasteiger partial charge in [0.15, 0.2) is 0 Å². The van der Waals surface area contributed by atoms with Gasteiger partial charge in [0.05, 0.1) is 11.3 Å². The lowest BCUT2D eigenvalue weighted by molar-refractivity contribution is 0.0926. The zero-order valence-electron chi connectivity index (χ0n) is 38.3. The van der Waals surface area contributed by atoms with Gasteiger partial charge in [0.1, 0.15) is 5.58 Å². The van der Waals surface area contributed by atoms with Crippen molar-refractivity contribution in [3.63, 3.8) is 0 Å². The Hall–Kier alpha value is -5.28. The van der Waals surface area contributed by atoms with Crippen LogP contribution in [0.25, 0.3) is 33.2 Å². The van der Waals surface area contributed by atoms with Gasteiger partial charge in [-0.3, -0.25) is 0 Å². The summed E-state index contributed by atoms with van der Waals surface area (Å²) in [6.45, 7) is 22.0. The molecule has 0 bridgehead atoms. The van der Waals surface area contributed by atoms with Crippen molar-refractivity contribution >= 4 is 51.3 Å². The van der Waals surface area contributed by atoms with E-state index in [0.717, 1.165) is 11.2 Å². The van der Waals surface area contributed by atoms with Crippen LogP contribution in [0.1, 0.15) is 140 Å². The van der Waals surface area contributed by atoms with Crippen LogP contribution in [0.4, 0.5) is 17.1 Å². The molecule has 1 saturated carbocycles. The number of hydrogen-bond acceptors (Lipinski definition) is 2. The van der Waals surface area contributed by atoms with Crippen molar-refractivity contribution in [2.24, 2.45) is 5.41 Å². The van der Waals surface area contributed by atoms with Gasteiger partial charge in [0.25, 0.3) is 6.71 Å². The molecule has 3 heterocycles. The zero-order valence-corrected chi connectivity index (χ0v) is 38.3. The average Bonchev–Trinajstić information content (AvgIpc) is 3.73. The minimum Gasteiger partial charge on any atom is -0.468 e. The molecule has 1 fully saturated rings. The summed E-state index contributed by atoms with van der Waals surface area (Å²) in [5.41, 5.74) is 23.1. The molecule has 7 aromatic rings. The van der Waals surface area contributed by atoms with Crippen molar-refractivity contribution in [3.8, 4) is 22.3 Å². The van der Waals surface area contributed by atoms with Crippen LogP contribution in [0.3, 0.4) is 0 Å². The molecule has 6 aromatic carbocycles. The van der Waals surface area contributed by atoms with Gasteiger partial charge in [-0.15, -0.1) is 0 Å². The average molecular weight is 810 g/mol. The Morgan fingerprint density at radius 1 is 0.613 bits per heavy atom. The fraction of sp³-hybridized carbons (Fsp3) is 0.356. The number of furan rings is 1. The molecule has 1 aromatic heterocycles. The summed E-state index contributed by atoms with van der Waals surface area (Å²) >= 11 is 0. The van der Waals surface area contributed by atoms with Crippen LogP contribution in [0.2, 0.25) is 0 Å². The van der Waals surface area contributed by atoms with Crippen LogP contribution < -0.4 is 21.5 Å². The third-order valence-electron chi connectivity index (χ3n) is 17.3. The number of hydrogen-bond donors (Lipinski definition) is 0. The highest BCUT2D eigenvalue weighted by Gasteiger charge is 2.63. The maximum Gasteiger partial charge on any atom is 0.293 e. The molecule has 0 N–H and O–H groups in total. The lowest BCUT2D eigenvalue weighted by Gasteiger charge is -2.50. The largest absolute Gasteiger partial charge is 0.468 e. The molecular formula is C59H60BNO. The second-order valence-electron chi connectivity index (χ2n) is 22.7. The highest BCUT2D eigenvalue weighted by atomic mass is 16.3. The Morgan fingerprint density at radius 3 is 1.87 bits per heavy atom. The molecule has 0 spiro atoms. The molecule has 3 aliphatic carbocycles. The van der Waals surface area contributed by atoms with Crippen LogP contribution >= 0.6 is 0 Å². The minimum absolute atomic E-state index is 0.0450. The first-order valence-corrected chi connectivity index (χ1v) is 23.6. The second kappa shape index (κ2) is 12.7. The molecule has 2 nitrogen and oxygen atoms in total. The minimum atomic E-state index is -0.0450. The van der Waals surface area contributed by atoms with E-state index in [0.29, 0.717) is 0 Å². The number of rotatable bonds is 3. The Balaban J connectivity index is 1.24. The Labute approximate surface area is 369 Å². The van der Waals surface area contributed by atoms with Crippen molar-refractivity contribution in [1.82, 2.24) is 0 Å². The Morgan fingerprint density at radius 2 is 1.23 bits per heavy atom. The molecule has 5 aliphatic rings. The molecular weight excluding hydrogens is 749 g/mol. The summed E-state index contributed by atoms with van der Waals surface area (Å²) < 4.78 is 7.64. The highest BCUT2D eigenvalue weighted by molar-refractivity contribution is 6.98. The van der Waals surface area contributed by atoms with Gasteiger partial charge in [-0.05, 0) is 144 Å². The Bertz CT molecular complexity index is 2980. The van der Waals surface area contributed by atoms with E-state index in [1.807, 2.05) is 0 Å². The quantitative estimate of drug-likeness (QED) is 0.165. The lowest BCUT2D eigenvalue weighted by atomic mass is 9.32. The predicted molar refractivity (Wildman–Crippen MR) is 263 cm³/mol. The van der Waals surface area contributed by atoms with Gasteiger partial charge in [0, 0.05) is 22.7 Å². The van der Waals surface area contributed by atoms with E-state index < -0.39 is 0 Å². The van der Waals surface area contributed by atoms with Gasteiger partial charge >= 0.3 is 0 Å². The SMILES string of the molecule is CC(C)(C)c1ccc(N2c3cc(-c4ccccc4)cc4c3B(c3cc(-c5ccccc5)cc5c3C4C3(C)CCCCC53C)c3oc4cc5c(cc4c32)C(C)(C)CCC5(C)C)cc1. The summed E-state index contributed by atoms with van der Waals surface area (Å²) in [5.74, 6) is 0.279. The molecule has 0 amide bonds. The monoisotopic (exact) mass is 809 g/mol. The van der Waals surface area contributed by atoms with Gasteiger partial charge in [-0.2, -0.15) is 0 Å². The summed E-state index contributed by atoms with van der Waals surface area (Å²) in [4.78, 5) is 2.63. The van der Waals surface area contributed by atoms with Gasteiger partial charge in [-0.25, -0.2) is 0 Å². The Kier molecular flexibility index (Phi) is 7.85. The number of anilines is 3. The second-order valence-corrected chi connectivity index (χ2v) is 22.7. The van der Waals surface area contributed by atoms with Crippen LogP contribution in [-0.4, -0.2) is 6.71 Å². The normalized spacial score (nSPS) is 23.7. The summed E-state index contributed by atoms with van der Waals surface area (Å²) in [6.07, 6.45) is 7.33. The summed E-state index contributed by atoms with van der Waals surface area (Å²) in [6, 6.07) is 47.2. The van der Waals surface area contributed by atoms with E-state index in [2.05, 4.69) is 189 Å². The standard InChI is InChI=1S/C59H60BNO/c1-55(2,3)40-22-24-41(25-23-40)61-48-33-38(36-18-12-10-13-19-36)30-43-51-50-46(58(8)26-16-17-27-59(51,58)9)31-39(37-20-14-11-15-21-37)32-47(50)60(52(43)48)54-53(61)42-34-44-45(35-49(42)62-54)57(6,7)29-28-56(44,4)5/h10-15,18-25,30-35,51H,16-17,26-29H2,1-9H3. The molecule has 3 atom stereocenters. The molecule has 62 heavy (non-hydrogen) atoms. The smallest absolute Gasteiger partial charge is 0.293 e. The predicted octanol–water partition coefficient (Wildman–Crippen LogP) is 14.0. The van der Waals surface area contributed by atoms with E-state index in [9.17, 15) is 0 Å². The molecule has 310 valence electrons. The van der Waals surface area contributed by atoms with E-state index in [1.54, 1.807) is 11.1 Å². The maximum absolute atomic E-state index is 7.64. The van der Waals surface area contributed by atoms with Crippen molar-refractivity contribution < 1.29 is 4.42 Å². The number of fused-ring (bicyclic) bond motifs is 10. The van der Waals surface area contributed by atoms with E-state index >= 15 is 0 Å². The fourth-order valence-corrected chi connectivity index (χ4v) is 13.5. The van der Waals surface area contributed by atoms with Crippen molar-refractivity contribution in [2.45, 2.75) is 128 Å². The van der Waals surface area contributed by atoms with Crippen molar-refractivity contribution in [3.05, 3.63) is 155 Å². The van der Waals surface area contributed by atoms with Crippen molar-refractivity contribution in [1.29, 1.82) is 0 Å². The first kappa shape index (κ1) is 38.4. The van der Waals surface area contributed by atoms with E-state index in [1.165, 1.54) is 116 Å². The van der Waals surface area contributed by atoms with Crippen LogP contribution in [0.15, 0.2) is 126 Å². The van der Waals surface area contributed by atoms with Gasteiger partial charge in [-0.1, -0.05) is 172 Å². The molecule has 0 saturated heterocycles. The first-order chi connectivity index (χ1) is 29.6.